The van der Waals surface area contributed by atoms with Gasteiger partial charge in [0, 0.05) is 43.5 Å². The van der Waals surface area contributed by atoms with Gasteiger partial charge in [-0.15, -0.1) is 11.3 Å². The molecule has 0 amide bonds. The van der Waals surface area contributed by atoms with E-state index in [1.165, 1.54) is 17.7 Å². The molecule has 2 N–H and O–H groups in total. The van der Waals surface area contributed by atoms with Gasteiger partial charge in [-0.05, 0) is 30.2 Å². The summed E-state index contributed by atoms with van der Waals surface area (Å²) >= 11 is 1.82. The largest absolute Gasteiger partial charge is 0.388 e. The van der Waals surface area contributed by atoms with Crippen molar-refractivity contribution in [2.45, 2.75) is 37.3 Å². The quantitative estimate of drug-likeness (QED) is 0.860. The molecule has 1 saturated carbocycles. The summed E-state index contributed by atoms with van der Waals surface area (Å²) in [5.74, 6) is 0.770. The standard InChI is InChI=1S/C14H21NO2S/c16-14(5-7-17-8-6-14)10-15-13(11-3-4-11)12-2-1-9-18-12/h1-2,9,11,13,15-16H,3-8,10H2. The predicted octanol–water partition coefficient (Wildman–Crippen LogP) is 2.33. The van der Waals surface area contributed by atoms with Crippen LogP contribution >= 0.6 is 11.3 Å². The summed E-state index contributed by atoms with van der Waals surface area (Å²) in [7, 11) is 0. The highest BCUT2D eigenvalue weighted by atomic mass is 32.1. The summed E-state index contributed by atoms with van der Waals surface area (Å²) in [6, 6.07) is 4.76. The normalized spacial score (nSPS) is 24.9. The van der Waals surface area contributed by atoms with Crippen LogP contribution in [-0.4, -0.2) is 30.5 Å². The molecule has 0 radical (unpaired) electrons. The second-order valence-electron chi connectivity index (χ2n) is 5.55. The minimum atomic E-state index is -0.567. The molecule has 100 valence electrons. The van der Waals surface area contributed by atoms with Crippen molar-refractivity contribution in [3.05, 3.63) is 22.4 Å². The Hall–Kier alpha value is -0.420. The third-order valence-electron chi connectivity index (χ3n) is 4.02. The number of nitrogens with one attached hydrogen (secondary N) is 1. The van der Waals surface area contributed by atoms with E-state index in [2.05, 4.69) is 22.8 Å². The van der Waals surface area contributed by atoms with Gasteiger partial charge in [-0.2, -0.15) is 0 Å². The van der Waals surface area contributed by atoms with Crippen LogP contribution in [0.1, 0.15) is 36.6 Å². The van der Waals surface area contributed by atoms with Crippen molar-refractivity contribution < 1.29 is 9.84 Å². The molecule has 1 aliphatic carbocycles. The molecule has 0 spiro atoms. The molecule has 18 heavy (non-hydrogen) atoms. The fourth-order valence-electron chi connectivity index (χ4n) is 2.63. The SMILES string of the molecule is OC1(CNC(c2cccs2)C2CC2)CCOCC1. The van der Waals surface area contributed by atoms with Gasteiger partial charge in [0.05, 0.1) is 5.60 Å². The Bertz CT molecular complexity index is 369. The zero-order valence-corrected chi connectivity index (χ0v) is 11.4. The van der Waals surface area contributed by atoms with E-state index in [4.69, 9.17) is 4.74 Å². The number of hydrogen-bond donors (Lipinski definition) is 2. The first kappa shape index (κ1) is 12.6. The zero-order chi connectivity index (χ0) is 12.4. The maximum absolute atomic E-state index is 10.5. The van der Waals surface area contributed by atoms with Crippen LogP contribution in [0.5, 0.6) is 0 Å². The molecule has 1 aromatic heterocycles. The average Bonchev–Trinajstić information content (AvgIpc) is 3.05. The fraction of sp³-hybridized carbons (Fsp3) is 0.714. The maximum atomic E-state index is 10.5. The topological polar surface area (TPSA) is 41.5 Å². The van der Waals surface area contributed by atoms with Gasteiger partial charge in [0.2, 0.25) is 0 Å². The van der Waals surface area contributed by atoms with Gasteiger partial charge in [-0.3, -0.25) is 0 Å². The molecule has 3 nitrogen and oxygen atoms in total. The van der Waals surface area contributed by atoms with Crippen LogP contribution < -0.4 is 5.32 Å². The molecule has 4 heteroatoms. The van der Waals surface area contributed by atoms with Crippen molar-refractivity contribution in [2.24, 2.45) is 5.92 Å². The maximum Gasteiger partial charge on any atom is 0.0815 e. The molecule has 1 aromatic rings. The minimum Gasteiger partial charge on any atom is -0.388 e. The summed E-state index contributed by atoms with van der Waals surface area (Å²) in [6.45, 7) is 2.06. The van der Waals surface area contributed by atoms with Crippen LogP contribution in [0.15, 0.2) is 17.5 Å². The summed E-state index contributed by atoms with van der Waals surface area (Å²) in [5, 5.41) is 16.2. The van der Waals surface area contributed by atoms with Crippen molar-refractivity contribution in [3.63, 3.8) is 0 Å². The lowest BCUT2D eigenvalue weighted by Crippen LogP contribution is -2.46. The van der Waals surface area contributed by atoms with E-state index in [1.807, 2.05) is 11.3 Å². The highest BCUT2D eigenvalue weighted by Gasteiger charge is 2.36. The second kappa shape index (κ2) is 5.29. The van der Waals surface area contributed by atoms with Crippen LogP contribution in [0.4, 0.5) is 0 Å². The smallest absolute Gasteiger partial charge is 0.0815 e. The molecule has 2 heterocycles. The van der Waals surface area contributed by atoms with E-state index in [-0.39, 0.29) is 0 Å². The Kier molecular flexibility index (Phi) is 3.71. The van der Waals surface area contributed by atoms with Crippen LogP contribution in [0.2, 0.25) is 0 Å². The second-order valence-corrected chi connectivity index (χ2v) is 6.53. The predicted molar refractivity (Wildman–Crippen MR) is 72.8 cm³/mol. The lowest BCUT2D eigenvalue weighted by molar-refractivity contribution is -0.0630. The number of hydrogen-bond acceptors (Lipinski definition) is 4. The van der Waals surface area contributed by atoms with Crippen LogP contribution in [0.25, 0.3) is 0 Å². The molecule has 0 bridgehead atoms. The summed E-state index contributed by atoms with van der Waals surface area (Å²) in [5.41, 5.74) is -0.567. The Morgan fingerprint density at radius 2 is 2.22 bits per heavy atom. The first-order valence-corrected chi connectivity index (χ1v) is 7.72. The molecule has 3 rings (SSSR count). The number of thiophene rings is 1. The minimum absolute atomic E-state index is 0.442. The monoisotopic (exact) mass is 267 g/mol. The Morgan fingerprint density at radius 1 is 1.44 bits per heavy atom. The van der Waals surface area contributed by atoms with E-state index in [9.17, 15) is 5.11 Å². The lowest BCUT2D eigenvalue weighted by atomic mass is 9.94. The van der Waals surface area contributed by atoms with E-state index in [0.717, 1.165) is 18.8 Å². The number of rotatable bonds is 5. The lowest BCUT2D eigenvalue weighted by Gasteiger charge is -2.33. The van der Waals surface area contributed by atoms with Gasteiger partial charge in [0.15, 0.2) is 0 Å². The summed E-state index contributed by atoms with van der Waals surface area (Å²) < 4.78 is 5.32. The molecule has 1 saturated heterocycles. The van der Waals surface area contributed by atoms with Crippen molar-refractivity contribution in [1.82, 2.24) is 5.32 Å². The van der Waals surface area contributed by atoms with E-state index in [1.54, 1.807) is 0 Å². The molecular weight excluding hydrogens is 246 g/mol. The Labute approximate surface area is 112 Å². The molecule has 2 aliphatic rings. The number of aliphatic hydroxyl groups is 1. The van der Waals surface area contributed by atoms with Crippen molar-refractivity contribution in [1.29, 1.82) is 0 Å². The Balaban J connectivity index is 1.59. The molecule has 0 aromatic carbocycles. The number of ether oxygens (including phenoxy) is 1. The molecule has 2 fully saturated rings. The third kappa shape index (κ3) is 2.94. The van der Waals surface area contributed by atoms with Gasteiger partial charge in [0.1, 0.15) is 0 Å². The van der Waals surface area contributed by atoms with Crippen LogP contribution in [0, 0.1) is 5.92 Å². The fourth-order valence-corrected chi connectivity index (χ4v) is 3.52. The molecule has 1 aliphatic heterocycles. The van der Waals surface area contributed by atoms with E-state index >= 15 is 0 Å². The van der Waals surface area contributed by atoms with Crippen molar-refractivity contribution in [2.75, 3.05) is 19.8 Å². The van der Waals surface area contributed by atoms with Crippen molar-refractivity contribution in [3.8, 4) is 0 Å². The molecule has 1 unspecified atom stereocenters. The summed E-state index contributed by atoms with van der Waals surface area (Å²) in [4.78, 5) is 1.41. The van der Waals surface area contributed by atoms with Gasteiger partial charge in [-0.25, -0.2) is 0 Å². The van der Waals surface area contributed by atoms with Gasteiger partial charge >= 0.3 is 0 Å². The van der Waals surface area contributed by atoms with Gasteiger partial charge < -0.3 is 15.2 Å². The van der Waals surface area contributed by atoms with E-state index < -0.39 is 5.60 Å². The van der Waals surface area contributed by atoms with Crippen LogP contribution in [0.3, 0.4) is 0 Å². The van der Waals surface area contributed by atoms with Crippen LogP contribution in [-0.2, 0) is 4.74 Å². The highest BCUT2D eigenvalue weighted by Crippen LogP contribution is 2.42. The zero-order valence-electron chi connectivity index (χ0n) is 10.6. The summed E-state index contributed by atoms with van der Waals surface area (Å²) in [6.07, 6.45) is 4.14. The third-order valence-corrected chi connectivity index (χ3v) is 4.97. The molecule has 1 atom stereocenters. The van der Waals surface area contributed by atoms with Gasteiger partial charge in [0.25, 0.3) is 0 Å². The first-order valence-electron chi connectivity index (χ1n) is 6.84. The molecular formula is C14H21NO2S. The Morgan fingerprint density at radius 3 is 2.83 bits per heavy atom. The average molecular weight is 267 g/mol. The van der Waals surface area contributed by atoms with E-state index in [0.29, 0.717) is 25.8 Å². The highest BCUT2D eigenvalue weighted by molar-refractivity contribution is 7.10. The van der Waals surface area contributed by atoms with Crippen molar-refractivity contribution >= 4 is 11.3 Å². The van der Waals surface area contributed by atoms with Gasteiger partial charge in [-0.1, -0.05) is 6.07 Å². The first-order chi connectivity index (χ1) is 8.77.